The first-order valence-corrected chi connectivity index (χ1v) is 4.07. The molecule has 0 radical (unpaired) electrons. The van der Waals surface area contributed by atoms with Crippen LogP contribution in [0.1, 0.15) is 17.9 Å². The summed E-state index contributed by atoms with van der Waals surface area (Å²) in [6.45, 7) is -0.0200. The lowest BCUT2D eigenvalue weighted by atomic mass is 9.97. The molecule has 1 aromatic carbocycles. The molecule has 0 aliphatic rings. The summed E-state index contributed by atoms with van der Waals surface area (Å²) in [5.41, 5.74) is 0.747. The molecule has 13 heavy (non-hydrogen) atoms. The van der Waals surface area contributed by atoms with Crippen LogP contribution in [0, 0.1) is 11.3 Å². The Morgan fingerprint density at radius 2 is 2.23 bits per heavy atom. The minimum absolute atomic E-state index is 0.0200. The van der Waals surface area contributed by atoms with Crippen molar-refractivity contribution in [2.24, 2.45) is 0 Å². The van der Waals surface area contributed by atoms with Crippen LogP contribution in [-0.4, -0.2) is 16.8 Å². The number of nitriles is 1. The van der Waals surface area contributed by atoms with Crippen molar-refractivity contribution >= 4 is 0 Å². The van der Waals surface area contributed by atoms with Crippen molar-refractivity contribution in [2.75, 3.05) is 6.61 Å². The number of aliphatic hydroxyl groups excluding tert-OH is 1. The quantitative estimate of drug-likeness (QED) is 0.733. The molecule has 0 spiro atoms. The molecule has 0 heterocycles. The van der Waals surface area contributed by atoms with E-state index in [-0.39, 0.29) is 18.3 Å². The standard InChI is InChI=1S/C10H11NO2/c11-7-9(4-5-12)8-2-1-3-10(13)6-8/h1-3,6,9,12-13H,4-5H2. The minimum atomic E-state index is -0.336. The van der Waals surface area contributed by atoms with Gasteiger partial charge < -0.3 is 10.2 Å². The maximum Gasteiger partial charge on any atom is 0.115 e. The number of aliphatic hydroxyl groups is 1. The van der Waals surface area contributed by atoms with Gasteiger partial charge in [-0.2, -0.15) is 5.26 Å². The van der Waals surface area contributed by atoms with Crippen LogP contribution in [0.15, 0.2) is 24.3 Å². The van der Waals surface area contributed by atoms with Gasteiger partial charge in [-0.25, -0.2) is 0 Å². The lowest BCUT2D eigenvalue weighted by molar-refractivity contribution is 0.283. The predicted octanol–water partition coefficient (Wildman–Crippen LogP) is 1.38. The first kappa shape index (κ1) is 9.56. The summed E-state index contributed by atoms with van der Waals surface area (Å²) in [6, 6.07) is 8.63. The number of rotatable bonds is 3. The SMILES string of the molecule is N#CC(CCO)c1cccc(O)c1. The van der Waals surface area contributed by atoms with Crippen LogP contribution in [0.25, 0.3) is 0 Å². The Hall–Kier alpha value is -1.53. The van der Waals surface area contributed by atoms with E-state index in [2.05, 4.69) is 6.07 Å². The fourth-order valence-electron chi connectivity index (χ4n) is 1.18. The van der Waals surface area contributed by atoms with Crippen molar-refractivity contribution < 1.29 is 10.2 Å². The molecule has 0 aliphatic carbocycles. The molecule has 0 aliphatic heterocycles. The van der Waals surface area contributed by atoms with E-state index in [1.165, 1.54) is 0 Å². The zero-order chi connectivity index (χ0) is 9.68. The Labute approximate surface area is 76.9 Å². The molecular formula is C10H11NO2. The van der Waals surface area contributed by atoms with E-state index in [0.29, 0.717) is 6.42 Å². The van der Waals surface area contributed by atoms with Gasteiger partial charge in [-0.1, -0.05) is 12.1 Å². The van der Waals surface area contributed by atoms with Gasteiger partial charge in [0.25, 0.3) is 0 Å². The van der Waals surface area contributed by atoms with Crippen LogP contribution < -0.4 is 0 Å². The molecule has 68 valence electrons. The monoisotopic (exact) mass is 177 g/mol. The summed E-state index contributed by atoms with van der Waals surface area (Å²) in [5.74, 6) is -0.187. The molecular weight excluding hydrogens is 166 g/mol. The molecule has 1 unspecified atom stereocenters. The third kappa shape index (κ3) is 2.46. The summed E-state index contributed by atoms with van der Waals surface area (Å²) >= 11 is 0. The molecule has 1 aromatic rings. The second-order valence-electron chi connectivity index (χ2n) is 2.79. The lowest BCUT2D eigenvalue weighted by Crippen LogP contribution is -1.98. The fraction of sp³-hybridized carbons (Fsp3) is 0.300. The lowest BCUT2D eigenvalue weighted by Gasteiger charge is -2.06. The van der Waals surface area contributed by atoms with Crippen molar-refractivity contribution in [2.45, 2.75) is 12.3 Å². The van der Waals surface area contributed by atoms with Gasteiger partial charge in [-0.15, -0.1) is 0 Å². The number of benzene rings is 1. The number of nitrogens with zero attached hydrogens (tertiary/aromatic N) is 1. The summed E-state index contributed by atoms with van der Waals surface area (Å²) in [7, 11) is 0. The van der Waals surface area contributed by atoms with Gasteiger partial charge in [-0.3, -0.25) is 0 Å². The maximum absolute atomic E-state index is 9.15. The minimum Gasteiger partial charge on any atom is -0.508 e. The highest BCUT2D eigenvalue weighted by molar-refractivity contribution is 5.32. The van der Waals surface area contributed by atoms with Gasteiger partial charge in [0.1, 0.15) is 5.75 Å². The van der Waals surface area contributed by atoms with Crippen molar-refractivity contribution in [3.05, 3.63) is 29.8 Å². The molecule has 0 fully saturated rings. The Kier molecular flexibility index (Phi) is 3.30. The zero-order valence-corrected chi connectivity index (χ0v) is 7.14. The first-order valence-electron chi connectivity index (χ1n) is 4.07. The molecule has 3 heteroatoms. The summed E-state index contributed by atoms with van der Waals surface area (Å²) < 4.78 is 0. The molecule has 1 atom stereocenters. The average molecular weight is 177 g/mol. The van der Waals surface area contributed by atoms with E-state index < -0.39 is 0 Å². The smallest absolute Gasteiger partial charge is 0.115 e. The second kappa shape index (κ2) is 4.48. The molecule has 1 rings (SSSR count). The highest BCUT2D eigenvalue weighted by Gasteiger charge is 2.09. The van der Waals surface area contributed by atoms with E-state index in [1.54, 1.807) is 24.3 Å². The van der Waals surface area contributed by atoms with Crippen LogP contribution in [0.4, 0.5) is 0 Å². The van der Waals surface area contributed by atoms with Gasteiger partial charge in [0.15, 0.2) is 0 Å². The summed E-state index contributed by atoms with van der Waals surface area (Å²) in [6.07, 6.45) is 0.403. The van der Waals surface area contributed by atoms with Crippen molar-refractivity contribution in [3.63, 3.8) is 0 Å². The van der Waals surface area contributed by atoms with Gasteiger partial charge >= 0.3 is 0 Å². The van der Waals surface area contributed by atoms with E-state index in [1.807, 2.05) is 0 Å². The molecule has 0 amide bonds. The fourth-order valence-corrected chi connectivity index (χ4v) is 1.18. The van der Waals surface area contributed by atoms with Crippen LogP contribution in [0.3, 0.4) is 0 Å². The number of hydrogen-bond acceptors (Lipinski definition) is 3. The molecule has 0 bridgehead atoms. The number of phenolic OH excluding ortho intramolecular Hbond substituents is 1. The predicted molar refractivity (Wildman–Crippen MR) is 48.2 cm³/mol. The van der Waals surface area contributed by atoms with Crippen LogP contribution in [0.5, 0.6) is 5.75 Å². The molecule has 3 nitrogen and oxygen atoms in total. The number of aromatic hydroxyl groups is 1. The zero-order valence-electron chi connectivity index (χ0n) is 7.14. The van der Waals surface area contributed by atoms with E-state index >= 15 is 0 Å². The molecule has 0 aromatic heterocycles. The topological polar surface area (TPSA) is 64.2 Å². The average Bonchev–Trinajstić information content (AvgIpc) is 2.14. The van der Waals surface area contributed by atoms with E-state index in [4.69, 9.17) is 15.5 Å². The third-order valence-corrected chi connectivity index (χ3v) is 1.85. The first-order chi connectivity index (χ1) is 6.27. The van der Waals surface area contributed by atoms with Crippen molar-refractivity contribution in [3.8, 4) is 11.8 Å². The Balaban J connectivity index is 2.86. The van der Waals surface area contributed by atoms with Crippen LogP contribution >= 0.6 is 0 Å². The van der Waals surface area contributed by atoms with Crippen LogP contribution in [0.2, 0.25) is 0 Å². The molecule has 0 saturated heterocycles. The number of phenols is 1. The van der Waals surface area contributed by atoms with E-state index in [9.17, 15) is 0 Å². The highest BCUT2D eigenvalue weighted by atomic mass is 16.3. The van der Waals surface area contributed by atoms with Gasteiger partial charge in [0.2, 0.25) is 0 Å². The van der Waals surface area contributed by atoms with Gasteiger partial charge in [-0.05, 0) is 24.1 Å². The maximum atomic E-state index is 9.15. The van der Waals surface area contributed by atoms with E-state index in [0.717, 1.165) is 5.56 Å². The molecule has 2 N–H and O–H groups in total. The third-order valence-electron chi connectivity index (χ3n) is 1.85. The Morgan fingerprint density at radius 1 is 1.46 bits per heavy atom. The van der Waals surface area contributed by atoms with Gasteiger partial charge in [0.05, 0.1) is 12.0 Å². The number of hydrogen-bond donors (Lipinski definition) is 2. The van der Waals surface area contributed by atoms with Crippen molar-refractivity contribution in [1.29, 1.82) is 5.26 Å². The summed E-state index contributed by atoms with van der Waals surface area (Å²) in [5, 5.41) is 26.6. The highest BCUT2D eigenvalue weighted by Crippen LogP contribution is 2.21. The van der Waals surface area contributed by atoms with Crippen molar-refractivity contribution in [1.82, 2.24) is 0 Å². The Morgan fingerprint density at radius 3 is 2.77 bits per heavy atom. The second-order valence-corrected chi connectivity index (χ2v) is 2.79. The Bertz CT molecular complexity index is 317. The largest absolute Gasteiger partial charge is 0.508 e. The normalized spacial score (nSPS) is 12.0. The van der Waals surface area contributed by atoms with Crippen LogP contribution in [-0.2, 0) is 0 Å². The summed E-state index contributed by atoms with van der Waals surface area (Å²) in [4.78, 5) is 0. The van der Waals surface area contributed by atoms with Gasteiger partial charge in [0, 0.05) is 6.61 Å². The molecule has 0 saturated carbocycles.